The molecule has 12 heteroatoms. The summed E-state index contributed by atoms with van der Waals surface area (Å²) in [6.07, 6.45) is 2.95. The van der Waals surface area contributed by atoms with Crippen LogP contribution < -0.4 is 25.8 Å². The summed E-state index contributed by atoms with van der Waals surface area (Å²) in [7, 11) is 5.11. The number of methoxy groups -OCH3 is 1. The van der Waals surface area contributed by atoms with Crippen molar-refractivity contribution in [3.63, 3.8) is 0 Å². The molecule has 3 heterocycles. The molecule has 0 aliphatic carbocycles. The number of nitriles is 1. The van der Waals surface area contributed by atoms with Gasteiger partial charge in [-0.2, -0.15) is 10.2 Å². The van der Waals surface area contributed by atoms with Gasteiger partial charge < -0.3 is 20.4 Å². The highest BCUT2D eigenvalue weighted by Crippen LogP contribution is 2.42. The quantitative estimate of drug-likeness (QED) is 0.427. The van der Waals surface area contributed by atoms with Crippen molar-refractivity contribution in [1.82, 2.24) is 15.0 Å². The van der Waals surface area contributed by atoms with Gasteiger partial charge in [-0.25, -0.2) is 9.98 Å². The molecule has 1 amide bonds. The average Bonchev–Trinajstić information content (AvgIpc) is 3.18. The molecular formula is C27H27ClN8O3. The summed E-state index contributed by atoms with van der Waals surface area (Å²) in [6.45, 7) is 3.86. The first kappa shape index (κ1) is 27.3. The third-order valence-corrected chi connectivity index (χ3v) is 6.41. The van der Waals surface area contributed by atoms with E-state index in [2.05, 4.69) is 21.0 Å². The van der Waals surface area contributed by atoms with E-state index in [-0.39, 0.29) is 22.5 Å². The largest absolute Gasteiger partial charge is 0.479 e. The molecule has 1 aliphatic rings. The van der Waals surface area contributed by atoms with Crippen molar-refractivity contribution in [1.29, 1.82) is 5.26 Å². The first-order valence-electron chi connectivity index (χ1n) is 12.0. The van der Waals surface area contributed by atoms with Gasteiger partial charge in [0, 0.05) is 25.9 Å². The van der Waals surface area contributed by atoms with E-state index in [0.29, 0.717) is 39.7 Å². The Balaban J connectivity index is 1.95. The molecule has 0 bridgehead atoms. The zero-order valence-corrected chi connectivity index (χ0v) is 22.8. The molecule has 200 valence electrons. The minimum atomic E-state index is -0.735. The number of carbonyl (C=O) groups is 1. The lowest BCUT2D eigenvalue weighted by molar-refractivity contribution is -0.114. The van der Waals surface area contributed by atoms with E-state index in [1.807, 2.05) is 27.9 Å². The number of hydrogen-bond donors (Lipinski definition) is 2. The van der Waals surface area contributed by atoms with Gasteiger partial charge in [0.05, 0.1) is 42.4 Å². The fourth-order valence-electron chi connectivity index (χ4n) is 4.25. The third kappa shape index (κ3) is 5.19. The van der Waals surface area contributed by atoms with Crippen LogP contribution >= 0.6 is 11.6 Å². The number of nitrogens with two attached hydrogens (primary N) is 1. The maximum atomic E-state index is 13.7. The molecule has 1 unspecified atom stereocenters. The van der Waals surface area contributed by atoms with Gasteiger partial charge in [0.25, 0.3) is 11.5 Å². The number of rotatable bonds is 7. The number of H-pyrrole nitrogens is 1. The molecule has 3 N–H and O–H groups in total. The summed E-state index contributed by atoms with van der Waals surface area (Å²) in [5, 5.41) is 9.23. The van der Waals surface area contributed by atoms with E-state index in [0.717, 1.165) is 0 Å². The monoisotopic (exact) mass is 546 g/mol. The number of carbonyl (C=O) groups excluding carboxylic acids is 1. The van der Waals surface area contributed by atoms with Crippen LogP contribution in [-0.2, 0) is 4.79 Å². The smallest absolute Gasteiger partial charge is 0.275 e. The number of aromatic nitrogens is 3. The third-order valence-electron chi connectivity index (χ3n) is 6.13. The molecule has 0 spiro atoms. The van der Waals surface area contributed by atoms with Gasteiger partial charge in [-0.05, 0) is 29.7 Å². The summed E-state index contributed by atoms with van der Waals surface area (Å²) >= 11 is 6.12. The van der Waals surface area contributed by atoms with Crippen molar-refractivity contribution in [2.24, 2.45) is 16.6 Å². The SMILES string of the molecule is COc1nc(N(C)C)ncc1N=C(C1=C(N)C(=O)N(c2c[nH]c(=O)c(Cl)c2)C1c1ccc(C#N)cc1)C(C)C. The van der Waals surface area contributed by atoms with Crippen LogP contribution in [0, 0.1) is 17.2 Å². The van der Waals surface area contributed by atoms with Crippen LogP contribution in [0.25, 0.3) is 0 Å². The predicted molar refractivity (Wildman–Crippen MR) is 150 cm³/mol. The number of nitrogens with zero attached hydrogens (tertiary/aromatic N) is 6. The highest BCUT2D eigenvalue weighted by atomic mass is 35.5. The van der Waals surface area contributed by atoms with Gasteiger partial charge in [-0.1, -0.05) is 37.6 Å². The van der Waals surface area contributed by atoms with Gasteiger partial charge in [0.1, 0.15) is 16.4 Å². The molecule has 2 aromatic heterocycles. The highest BCUT2D eigenvalue weighted by Gasteiger charge is 2.43. The first-order valence-corrected chi connectivity index (χ1v) is 12.3. The zero-order chi connectivity index (χ0) is 28.4. The number of pyridine rings is 1. The van der Waals surface area contributed by atoms with Crippen molar-refractivity contribution in [2.45, 2.75) is 19.9 Å². The van der Waals surface area contributed by atoms with Crippen LogP contribution in [0.2, 0.25) is 5.02 Å². The Kier molecular flexibility index (Phi) is 7.69. The average molecular weight is 547 g/mol. The molecular weight excluding hydrogens is 520 g/mol. The Hall–Kier alpha value is -4.69. The van der Waals surface area contributed by atoms with Gasteiger partial charge >= 0.3 is 0 Å². The standard InChI is InChI=1S/C27H27ClN8O3/c1-14(2)22(33-19-13-32-27(35(3)4)34-25(19)39-5)20-21(30)26(38)36(17-10-18(28)24(37)31-12-17)23(20)16-8-6-15(11-29)7-9-16/h6-10,12-14,23H,30H2,1-5H3,(H,31,37). The Morgan fingerprint density at radius 1 is 1.28 bits per heavy atom. The van der Waals surface area contributed by atoms with E-state index >= 15 is 0 Å². The maximum absolute atomic E-state index is 13.7. The van der Waals surface area contributed by atoms with Gasteiger partial charge in [-0.3, -0.25) is 14.5 Å². The normalized spacial score (nSPS) is 15.6. The van der Waals surface area contributed by atoms with Crippen LogP contribution in [0.5, 0.6) is 5.88 Å². The minimum absolute atomic E-state index is 0.0103. The Labute approximate surface area is 230 Å². The number of halogens is 1. The number of benzene rings is 1. The van der Waals surface area contributed by atoms with E-state index < -0.39 is 17.5 Å². The van der Waals surface area contributed by atoms with Gasteiger partial charge in [0.15, 0.2) is 0 Å². The topological polar surface area (TPSA) is 154 Å². The summed E-state index contributed by atoms with van der Waals surface area (Å²) < 4.78 is 5.49. The molecule has 0 saturated heterocycles. The molecule has 1 aliphatic heterocycles. The van der Waals surface area contributed by atoms with Crippen LogP contribution in [0.15, 0.2) is 63.8 Å². The number of nitrogens with one attached hydrogen (secondary N) is 1. The summed E-state index contributed by atoms with van der Waals surface area (Å²) in [5.74, 6) is 0.0318. The summed E-state index contributed by atoms with van der Waals surface area (Å²) in [5.41, 5.74) is 8.86. The fourth-order valence-corrected chi connectivity index (χ4v) is 4.41. The van der Waals surface area contributed by atoms with Crippen LogP contribution in [0.4, 0.5) is 17.3 Å². The Bertz CT molecular complexity index is 1590. The summed E-state index contributed by atoms with van der Waals surface area (Å²) in [6, 6.07) is 9.60. The molecule has 11 nitrogen and oxygen atoms in total. The second-order valence-corrected chi connectivity index (χ2v) is 9.69. The second kappa shape index (κ2) is 11.0. The van der Waals surface area contributed by atoms with E-state index in [4.69, 9.17) is 27.1 Å². The Morgan fingerprint density at radius 3 is 2.54 bits per heavy atom. The lowest BCUT2D eigenvalue weighted by atomic mass is 9.89. The van der Waals surface area contributed by atoms with Crippen molar-refractivity contribution >= 4 is 40.5 Å². The van der Waals surface area contributed by atoms with Gasteiger partial charge in [0.2, 0.25) is 11.8 Å². The van der Waals surface area contributed by atoms with Crippen molar-refractivity contribution in [2.75, 3.05) is 31.0 Å². The summed E-state index contributed by atoms with van der Waals surface area (Å²) in [4.78, 5) is 45.0. The second-order valence-electron chi connectivity index (χ2n) is 9.28. The molecule has 3 aromatic rings. The van der Waals surface area contributed by atoms with E-state index in [9.17, 15) is 14.9 Å². The van der Waals surface area contributed by atoms with E-state index in [1.54, 1.807) is 35.4 Å². The highest BCUT2D eigenvalue weighted by molar-refractivity contribution is 6.30. The number of ether oxygens (including phenoxy) is 1. The molecule has 4 rings (SSSR count). The van der Waals surface area contributed by atoms with E-state index in [1.165, 1.54) is 24.3 Å². The molecule has 1 atom stereocenters. The Morgan fingerprint density at radius 2 is 1.97 bits per heavy atom. The maximum Gasteiger partial charge on any atom is 0.275 e. The van der Waals surface area contributed by atoms with Crippen LogP contribution in [0.3, 0.4) is 0 Å². The number of amides is 1. The lowest BCUT2D eigenvalue weighted by Crippen LogP contribution is -2.32. The first-order chi connectivity index (χ1) is 18.6. The predicted octanol–water partition coefficient (Wildman–Crippen LogP) is 3.49. The van der Waals surface area contributed by atoms with Gasteiger partial charge in [-0.15, -0.1) is 0 Å². The van der Waals surface area contributed by atoms with Crippen molar-refractivity contribution in [3.8, 4) is 11.9 Å². The number of aromatic amines is 1. The number of aliphatic imine (C=N–C) groups is 1. The van der Waals surface area contributed by atoms with Crippen molar-refractivity contribution < 1.29 is 9.53 Å². The van der Waals surface area contributed by atoms with Crippen molar-refractivity contribution in [3.05, 3.63) is 80.5 Å². The van der Waals surface area contributed by atoms with Crippen LogP contribution in [0.1, 0.15) is 31.0 Å². The fraction of sp³-hybridized carbons (Fsp3) is 0.259. The lowest BCUT2D eigenvalue weighted by Gasteiger charge is -2.28. The molecule has 0 radical (unpaired) electrons. The number of anilines is 2. The zero-order valence-electron chi connectivity index (χ0n) is 22.1. The minimum Gasteiger partial charge on any atom is -0.479 e. The van der Waals surface area contributed by atoms with Crippen LogP contribution in [-0.4, -0.2) is 47.8 Å². The molecule has 0 saturated carbocycles. The molecule has 1 aromatic carbocycles. The number of hydrogen-bond acceptors (Lipinski definition) is 9. The molecule has 0 fully saturated rings. The molecule has 39 heavy (non-hydrogen) atoms.